The number of tetrazole rings is 1. The Morgan fingerprint density at radius 1 is 1.33 bits per heavy atom. The van der Waals surface area contributed by atoms with Crippen LogP contribution in [0.5, 0.6) is 0 Å². The molecule has 0 saturated heterocycles. The lowest BCUT2D eigenvalue weighted by Crippen LogP contribution is -2.22. The summed E-state index contributed by atoms with van der Waals surface area (Å²) in [4.78, 5) is 0. The number of fused-ring (bicyclic) bond motifs is 1. The molecule has 0 fully saturated rings. The number of nitrogens with one attached hydrogen (secondary N) is 2. The second-order valence-electron chi connectivity index (χ2n) is 3.03. The minimum Gasteiger partial charge on any atom is -0.367 e. The van der Waals surface area contributed by atoms with Crippen molar-refractivity contribution in [3.8, 4) is 0 Å². The van der Waals surface area contributed by atoms with E-state index < -0.39 is 0 Å². The van der Waals surface area contributed by atoms with Crippen molar-refractivity contribution in [1.29, 1.82) is 0 Å². The number of rotatable bonds is 5. The highest BCUT2D eigenvalue weighted by molar-refractivity contribution is 5.41. The Kier molecular flexibility index (Phi) is 3.03. The van der Waals surface area contributed by atoms with Gasteiger partial charge in [0, 0.05) is 13.1 Å². The van der Waals surface area contributed by atoms with E-state index in [0.29, 0.717) is 5.65 Å². The average Bonchev–Trinajstić information content (AvgIpc) is 2.71. The van der Waals surface area contributed by atoms with E-state index in [2.05, 4.69) is 38.2 Å². The topological polar surface area (TPSA) is 80.0 Å². The fraction of sp³-hybridized carbons (Fsp3) is 0.500. The van der Waals surface area contributed by atoms with Crippen LogP contribution in [0.15, 0.2) is 12.1 Å². The highest BCUT2D eigenvalue weighted by Gasteiger charge is 1.98. The average molecular weight is 207 g/mol. The van der Waals surface area contributed by atoms with E-state index >= 15 is 0 Å². The summed E-state index contributed by atoms with van der Waals surface area (Å²) in [5.74, 6) is 0.771. The monoisotopic (exact) mass is 207 g/mol. The third-order valence-corrected chi connectivity index (χ3v) is 1.93. The molecule has 0 radical (unpaired) electrons. The standard InChI is InChI=1S/C8H13N7/c1-2-9-5-6-10-7-3-4-8-11-13-14-15(8)12-7/h3-4,9H,2,5-6H2,1H3,(H,10,12). The Morgan fingerprint density at radius 2 is 2.27 bits per heavy atom. The molecule has 2 aromatic rings. The second kappa shape index (κ2) is 4.65. The van der Waals surface area contributed by atoms with Crippen LogP contribution in [0, 0.1) is 0 Å². The molecule has 7 heteroatoms. The van der Waals surface area contributed by atoms with E-state index in [0.717, 1.165) is 25.5 Å². The van der Waals surface area contributed by atoms with E-state index in [4.69, 9.17) is 0 Å². The van der Waals surface area contributed by atoms with Gasteiger partial charge in [-0.3, -0.25) is 0 Å². The molecular formula is C8H13N7. The SMILES string of the molecule is CCNCCNc1ccc2nnnn2n1. The van der Waals surface area contributed by atoms with Gasteiger partial charge in [0.05, 0.1) is 0 Å². The molecule has 2 aromatic heterocycles. The third-order valence-electron chi connectivity index (χ3n) is 1.93. The van der Waals surface area contributed by atoms with E-state index in [-0.39, 0.29) is 0 Å². The summed E-state index contributed by atoms with van der Waals surface area (Å²) in [5.41, 5.74) is 0.646. The van der Waals surface area contributed by atoms with Crippen LogP contribution in [0.4, 0.5) is 5.82 Å². The van der Waals surface area contributed by atoms with Crippen LogP contribution in [0.3, 0.4) is 0 Å². The first-order chi connectivity index (χ1) is 7.40. The Morgan fingerprint density at radius 3 is 3.13 bits per heavy atom. The number of hydrogen-bond acceptors (Lipinski definition) is 6. The van der Waals surface area contributed by atoms with E-state index in [1.807, 2.05) is 12.1 Å². The fourth-order valence-corrected chi connectivity index (χ4v) is 1.20. The Hall–Kier alpha value is -1.76. The normalized spacial score (nSPS) is 10.7. The molecule has 0 aliphatic carbocycles. The van der Waals surface area contributed by atoms with E-state index in [1.165, 1.54) is 4.63 Å². The van der Waals surface area contributed by atoms with Gasteiger partial charge in [-0.15, -0.1) is 14.8 Å². The van der Waals surface area contributed by atoms with Crippen molar-refractivity contribution >= 4 is 11.5 Å². The molecule has 80 valence electrons. The summed E-state index contributed by atoms with van der Waals surface area (Å²) < 4.78 is 1.40. The summed E-state index contributed by atoms with van der Waals surface area (Å²) >= 11 is 0. The molecule has 0 atom stereocenters. The summed E-state index contributed by atoms with van der Waals surface area (Å²) in [6, 6.07) is 3.68. The zero-order valence-electron chi connectivity index (χ0n) is 8.51. The molecule has 0 saturated carbocycles. The summed E-state index contributed by atoms with van der Waals surface area (Å²) in [5, 5.41) is 21.6. The van der Waals surface area contributed by atoms with Crippen molar-refractivity contribution in [2.75, 3.05) is 25.0 Å². The zero-order valence-corrected chi connectivity index (χ0v) is 8.51. The maximum absolute atomic E-state index is 4.17. The maximum atomic E-state index is 4.17. The molecule has 0 aromatic carbocycles. The molecule has 2 rings (SSSR count). The molecule has 2 N–H and O–H groups in total. The molecule has 15 heavy (non-hydrogen) atoms. The van der Waals surface area contributed by atoms with Gasteiger partial charge in [0.15, 0.2) is 5.65 Å². The summed E-state index contributed by atoms with van der Waals surface area (Å²) in [6.45, 7) is 4.78. The maximum Gasteiger partial charge on any atom is 0.200 e. The number of aromatic nitrogens is 5. The molecule has 0 aliphatic heterocycles. The van der Waals surface area contributed by atoms with Gasteiger partial charge < -0.3 is 10.6 Å². The van der Waals surface area contributed by atoms with Gasteiger partial charge in [0.25, 0.3) is 0 Å². The van der Waals surface area contributed by atoms with Crippen LogP contribution in [-0.4, -0.2) is 44.9 Å². The van der Waals surface area contributed by atoms with Gasteiger partial charge in [-0.25, -0.2) is 0 Å². The molecule has 0 unspecified atom stereocenters. The van der Waals surface area contributed by atoms with Crippen molar-refractivity contribution in [1.82, 2.24) is 30.6 Å². The molecule has 2 heterocycles. The molecule has 7 nitrogen and oxygen atoms in total. The van der Waals surface area contributed by atoms with Crippen LogP contribution in [0.1, 0.15) is 6.92 Å². The molecule has 0 aliphatic rings. The minimum absolute atomic E-state index is 0.646. The highest BCUT2D eigenvalue weighted by atomic mass is 15.6. The Bertz CT molecular complexity index is 424. The van der Waals surface area contributed by atoms with Gasteiger partial charge in [-0.1, -0.05) is 6.92 Å². The van der Waals surface area contributed by atoms with Gasteiger partial charge in [-0.05, 0) is 29.1 Å². The van der Waals surface area contributed by atoms with E-state index in [9.17, 15) is 0 Å². The molecule has 0 spiro atoms. The number of anilines is 1. The first-order valence-electron chi connectivity index (χ1n) is 4.90. The van der Waals surface area contributed by atoms with E-state index in [1.54, 1.807) is 0 Å². The van der Waals surface area contributed by atoms with Crippen LogP contribution in [0.25, 0.3) is 5.65 Å². The largest absolute Gasteiger partial charge is 0.367 e. The summed E-state index contributed by atoms with van der Waals surface area (Å²) in [6.07, 6.45) is 0. The van der Waals surface area contributed by atoms with Gasteiger partial charge in [0.2, 0.25) is 0 Å². The van der Waals surface area contributed by atoms with Crippen LogP contribution in [-0.2, 0) is 0 Å². The summed E-state index contributed by atoms with van der Waals surface area (Å²) in [7, 11) is 0. The Labute approximate surface area is 86.9 Å². The van der Waals surface area contributed by atoms with Gasteiger partial charge in [-0.2, -0.15) is 0 Å². The number of hydrogen-bond donors (Lipinski definition) is 2. The quantitative estimate of drug-likeness (QED) is 0.646. The lowest BCUT2D eigenvalue weighted by Gasteiger charge is -2.04. The first-order valence-corrected chi connectivity index (χ1v) is 4.90. The molecule has 0 amide bonds. The molecular weight excluding hydrogens is 194 g/mol. The van der Waals surface area contributed by atoms with Gasteiger partial charge in [0.1, 0.15) is 5.82 Å². The lowest BCUT2D eigenvalue weighted by molar-refractivity contribution is 0.719. The van der Waals surface area contributed by atoms with Crippen LogP contribution >= 0.6 is 0 Å². The minimum atomic E-state index is 0.646. The van der Waals surface area contributed by atoms with Crippen molar-refractivity contribution in [3.63, 3.8) is 0 Å². The number of likely N-dealkylation sites (N-methyl/N-ethyl adjacent to an activating group) is 1. The molecule has 0 bridgehead atoms. The predicted octanol–water partition coefficient (Wildman–Crippen LogP) is -0.459. The van der Waals surface area contributed by atoms with Gasteiger partial charge >= 0.3 is 0 Å². The highest BCUT2D eigenvalue weighted by Crippen LogP contribution is 2.01. The van der Waals surface area contributed by atoms with Crippen molar-refractivity contribution in [2.24, 2.45) is 0 Å². The Balaban J connectivity index is 1.96. The lowest BCUT2D eigenvalue weighted by atomic mass is 10.5. The van der Waals surface area contributed by atoms with Crippen molar-refractivity contribution in [2.45, 2.75) is 6.92 Å². The van der Waals surface area contributed by atoms with Crippen molar-refractivity contribution < 1.29 is 0 Å². The van der Waals surface area contributed by atoms with Crippen LogP contribution in [0.2, 0.25) is 0 Å². The number of nitrogens with zero attached hydrogens (tertiary/aromatic N) is 5. The smallest absolute Gasteiger partial charge is 0.200 e. The third kappa shape index (κ3) is 2.38. The zero-order chi connectivity index (χ0) is 10.5. The predicted molar refractivity (Wildman–Crippen MR) is 55.6 cm³/mol. The van der Waals surface area contributed by atoms with Crippen molar-refractivity contribution in [3.05, 3.63) is 12.1 Å². The second-order valence-corrected chi connectivity index (χ2v) is 3.03. The van der Waals surface area contributed by atoms with Crippen LogP contribution < -0.4 is 10.6 Å². The first kappa shape index (κ1) is 9.78. The fourth-order valence-electron chi connectivity index (χ4n) is 1.20.